The zero-order chi connectivity index (χ0) is 14.1. The Balaban J connectivity index is 2.20. The number of nitriles is 1. The van der Waals surface area contributed by atoms with Gasteiger partial charge < -0.3 is 9.51 Å². The van der Waals surface area contributed by atoms with Crippen LogP contribution in [0.25, 0.3) is 16.6 Å². The minimum absolute atomic E-state index is 0.248. The molecule has 0 amide bonds. The van der Waals surface area contributed by atoms with Crippen LogP contribution in [0.3, 0.4) is 0 Å². The molecule has 1 N–H and O–H groups in total. The molecule has 0 spiro atoms. The summed E-state index contributed by atoms with van der Waals surface area (Å²) in [6.45, 7) is 0. The zero-order valence-electron chi connectivity index (χ0n) is 10.4. The maximum Gasteiger partial charge on any atom is 0.335 e. The van der Waals surface area contributed by atoms with Crippen molar-refractivity contribution in [3.8, 4) is 17.2 Å². The molecule has 2 aromatic heterocycles. The zero-order valence-corrected chi connectivity index (χ0v) is 10.4. The van der Waals surface area contributed by atoms with Crippen molar-refractivity contribution in [3.05, 3.63) is 66.0 Å². The number of rotatable bonds is 2. The molecule has 0 unspecified atom stereocenters. The Kier molecular flexibility index (Phi) is 2.73. The van der Waals surface area contributed by atoms with Crippen molar-refractivity contribution in [2.45, 2.75) is 0 Å². The molecule has 1 aromatic carbocycles. The number of nitrogens with zero attached hydrogens (tertiary/aromatic N) is 2. The third kappa shape index (κ3) is 1.82. The van der Waals surface area contributed by atoms with Crippen LogP contribution in [0.15, 0.2) is 54.7 Å². The molecular weight excluding hydrogens is 252 g/mol. The molecule has 20 heavy (non-hydrogen) atoms. The van der Waals surface area contributed by atoms with E-state index in [4.69, 9.17) is 10.4 Å². The van der Waals surface area contributed by atoms with Gasteiger partial charge in [0.05, 0.1) is 11.1 Å². The van der Waals surface area contributed by atoms with Crippen molar-refractivity contribution in [1.29, 1.82) is 5.26 Å². The van der Waals surface area contributed by atoms with Gasteiger partial charge in [0.2, 0.25) is 0 Å². The van der Waals surface area contributed by atoms with Gasteiger partial charge in [0.25, 0.3) is 0 Å². The van der Waals surface area contributed by atoms with Crippen LogP contribution in [0.1, 0.15) is 16.1 Å². The first-order chi connectivity index (χ1) is 9.70. The Bertz CT molecular complexity index is 839. The van der Waals surface area contributed by atoms with Gasteiger partial charge in [0.1, 0.15) is 11.8 Å². The third-order valence-corrected chi connectivity index (χ3v) is 3.23. The lowest BCUT2D eigenvalue weighted by molar-refractivity contribution is 0.0697. The van der Waals surface area contributed by atoms with Crippen LogP contribution in [0.2, 0.25) is 0 Å². The number of aromatic nitrogens is 1. The largest absolute Gasteiger partial charge is 0.478 e. The molecule has 3 aromatic rings. The summed E-state index contributed by atoms with van der Waals surface area (Å²) >= 11 is 0. The average molecular weight is 262 g/mol. The van der Waals surface area contributed by atoms with Gasteiger partial charge >= 0.3 is 5.97 Å². The number of carbonyl (C=O) groups is 1. The molecule has 0 fully saturated rings. The predicted molar refractivity (Wildman–Crippen MR) is 74.5 cm³/mol. The number of carboxylic acid groups (broad SMARTS) is 1. The molecule has 4 heteroatoms. The summed E-state index contributed by atoms with van der Waals surface area (Å²) in [5, 5.41) is 18.1. The van der Waals surface area contributed by atoms with Crippen LogP contribution in [-0.2, 0) is 0 Å². The van der Waals surface area contributed by atoms with Gasteiger partial charge in [-0.15, -0.1) is 0 Å². The van der Waals surface area contributed by atoms with E-state index in [1.165, 1.54) is 0 Å². The molecule has 0 bridgehead atoms. The smallest absolute Gasteiger partial charge is 0.335 e. The van der Waals surface area contributed by atoms with Crippen molar-refractivity contribution in [3.63, 3.8) is 0 Å². The van der Waals surface area contributed by atoms with E-state index in [9.17, 15) is 4.79 Å². The van der Waals surface area contributed by atoms with Gasteiger partial charge in [-0.25, -0.2) is 4.79 Å². The SMILES string of the molecule is N#Cc1cc(-c2ccc(C(=O)O)cc2)c2ccccn12. The lowest BCUT2D eigenvalue weighted by Crippen LogP contribution is -1.94. The van der Waals surface area contributed by atoms with E-state index in [2.05, 4.69) is 6.07 Å². The quantitative estimate of drug-likeness (QED) is 0.771. The normalized spacial score (nSPS) is 10.3. The Morgan fingerprint density at radius 3 is 2.55 bits per heavy atom. The topological polar surface area (TPSA) is 65.5 Å². The number of hydrogen-bond donors (Lipinski definition) is 1. The maximum absolute atomic E-state index is 10.9. The molecule has 96 valence electrons. The standard InChI is InChI=1S/C16H10N2O2/c17-10-13-9-14(15-3-1-2-8-18(13)15)11-4-6-12(7-5-11)16(19)20/h1-9H,(H,19,20). The second-order valence-electron chi connectivity index (χ2n) is 4.39. The van der Waals surface area contributed by atoms with Crippen LogP contribution < -0.4 is 0 Å². The number of hydrogen-bond acceptors (Lipinski definition) is 2. The summed E-state index contributed by atoms with van der Waals surface area (Å²) in [6, 6.07) is 16.3. The van der Waals surface area contributed by atoms with E-state index in [1.807, 2.05) is 34.9 Å². The highest BCUT2D eigenvalue weighted by Crippen LogP contribution is 2.28. The summed E-state index contributed by atoms with van der Waals surface area (Å²) < 4.78 is 1.82. The minimum atomic E-state index is -0.948. The fourth-order valence-corrected chi connectivity index (χ4v) is 2.26. The van der Waals surface area contributed by atoms with Gasteiger partial charge in [-0.05, 0) is 35.9 Å². The van der Waals surface area contributed by atoms with E-state index < -0.39 is 5.97 Å². The number of benzene rings is 1. The van der Waals surface area contributed by atoms with Crippen molar-refractivity contribution >= 4 is 11.5 Å². The van der Waals surface area contributed by atoms with E-state index in [0.29, 0.717) is 5.69 Å². The molecule has 3 rings (SSSR count). The third-order valence-electron chi connectivity index (χ3n) is 3.23. The first kappa shape index (κ1) is 12.0. The first-order valence-electron chi connectivity index (χ1n) is 6.04. The summed E-state index contributed by atoms with van der Waals surface area (Å²) in [5.41, 5.74) is 3.53. The van der Waals surface area contributed by atoms with Gasteiger partial charge in [-0.2, -0.15) is 5.26 Å². The second kappa shape index (κ2) is 4.56. The number of carboxylic acids is 1. The molecule has 0 aliphatic carbocycles. The molecule has 0 saturated carbocycles. The van der Waals surface area contributed by atoms with Crippen LogP contribution in [0.5, 0.6) is 0 Å². The summed E-state index contributed by atoms with van der Waals surface area (Å²) in [7, 11) is 0. The van der Waals surface area contributed by atoms with Crippen LogP contribution in [0, 0.1) is 11.3 Å². The predicted octanol–water partition coefficient (Wildman–Crippen LogP) is 3.18. The highest BCUT2D eigenvalue weighted by molar-refractivity contribution is 5.89. The second-order valence-corrected chi connectivity index (χ2v) is 4.39. The monoisotopic (exact) mass is 262 g/mol. The summed E-state index contributed by atoms with van der Waals surface area (Å²) in [6.07, 6.45) is 1.84. The van der Waals surface area contributed by atoms with Crippen LogP contribution >= 0.6 is 0 Å². The molecule has 2 heterocycles. The van der Waals surface area contributed by atoms with Gasteiger partial charge in [-0.3, -0.25) is 0 Å². The molecule has 0 saturated heterocycles. The summed E-state index contributed by atoms with van der Waals surface area (Å²) in [5.74, 6) is -0.948. The Morgan fingerprint density at radius 2 is 1.90 bits per heavy atom. The van der Waals surface area contributed by atoms with Gasteiger partial charge in [-0.1, -0.05) is 18.2 Å². The Hall–Kier alpha value is -3.06. The molecule has 0 aliphatic rings. The Morgan fingerprint density at radius 1 is 1.15 bits per heavy atom. The average Bonchev–Trinajstić information content (AvgIpc) is 2.86. The van der Waals surface area contributed by atoms with Gasteiger partial charge in [0, 0.05) is 11.8 Å². The van der Waals surface area contributed by atoms with E-state index >= 15 is 0 Å². The lowest BCUT2D eigenvalue weighted by Gasteiger charge is -2.01. The maximum atomic E-state index is 10.9. The summed E-state index contributed by atoms with van der Waals surface area (Å²) in [4.78, 5) is 10.9. The van der Waals surface area contributed by atoms with Crippen molar-refractivity contribution in [1.82, 2.24) is 4.40 Å². The van der Waals surface area contributed by atoms with Crippen LogP contribution in [0.4, 0.5) is 0 Å². The first-order valence-corrected chi connectivity index (χ1v) is 6.04. The molecule has 4 nitrogen and oxygen atoms in total. The highest BCUT2D eigenvalue weighted by atomic mass is 16.4. The molecule has 0 aliphatic heterocycles. The Labute approximate surface area is 115 Å². The van der Waals surface area contributed by atoms with Crippen LogP contribution in [-0.4, -0.2) is 15.5 Å². The minimum Gasteiger partial charge on any atom is -0.478 e. The molecule has 0 atom stereocenters. The van der Waals surface area contributed by atoms with E-state index in [0.717, 1.165) is 16.6 Å². The van der Waals surface area contributed by atoms with E-state index in [1.54, 1.807) is 24.3 Å². The lowest BCUT2D eigenvalue weighted by atomic mass is 10.0. The van der Waals surface area contributed by atoms with Crippen molar-refractivity contribution < 1.29 is 9.90 Å². The number of pyridine rings is 1. The molecular formula is C16H10N2O2. The molecule has 0 radical (unpaired) electrons. The highest BCUT2D eigenvalue weighted by Gasteiger charge is 2.10. The van der Waals surface area contributed by atoms with Crippen molar-refractivity contribution in [2.24, 2.45) is 0 Å². The fourth-order valence-electron chi connectivity index (χ4n) is 2.26. The van der Waals surface area contributed by atoms with E-state index in [-0.39, 0.29) is 5.56 Å². The van der Waals surface area contributed by atoms with Crippen molar-refractivity contribution in [2.75, 3.05) is 0 Å². The fraction of sp³-hybridized carbons (Fsp3) is 0. The van der Waals surface area contributed by atoms with Gasteiger partial charge in [0.15, 0.2) is 0 Å². The number of fused-ring (bicyclic) bond motifs is 1. The number of aromatic carboxylic acids is 1.